The van der Waals surface area contributed by atoms with E-state index in [1.807, 2.05) is 0 Å². The topological polar surface area (TPSA) is 78.4 Å². The normalized spacial score (nSPS) is 11.2. The number of rotatable bonds is 6. The fourth-order valence-corrected chi connectivity index (χ4v) is 1.49. The molecule has 0 saturated carbocycles. The Morgan fingerprint density at radius 1 is 1.45 bits per heavy atom. The van der Waals surface area contributed by atoms with E-state index in [-0.39, 0.29) is 5.69 Å². The van der Waals surface area contributed by atoms with E-state index in [9.17, 15) is 18.0 Å². The van der Waals surface area contributed by atoms with E-state index in [4.69, 9.17) is 5.11 Å². The van der Waals surface area contributed by atoms with Crippen molar-refractivity contribution in [2.75, 3.05) is 31.6 Å². The zero-order valence-electron chi connectivity index (χ0n) is 10.8. The molecule has 0 spiro atoms. The quantitative estimate of drug-likeness (QED) is 0.814. The van der Waals surface area contributed by atoms with Crippen LogP contribution < -0.4 is 5.32 Å². The van der Waals surface area contributed by atoms with Crippen molar-refractivity contribution < 1.29 is 23.1 Å². The Balaban J connectivity index is 2.91. The van der Waals surface area contributed by atoms with Gasteiger partial charge in [0, 0.05) is 13.1 Å². The molecule has 1 heterocycles. The molecule has 0 aliphatic heterocycles. The van der Waals surface area contributed by atoms with E-state index in [1.165, 1.54) is 6.20 Å². The summed E-state index contributed by atoms with van der Waals surface area (Å²) >= 11 is 0. The van der Waals surface area contributed by atoms with Crippen molar-refractivity contribution in [3.63, 3.8) is 0 Å². The smallest absolute Gasteiger partial charge is 0.395 e. The van der Waals surface area contributed by atoms with Gasteiger partial charge in [0.25, 0.3) is 5.91 Å². The number of hydrogen-bond donors (Lipinski definition) is 2. The first kappa shape index (κ1) is 16.2. The van der Waals surface area contributed by atoms with E-state index < -0.39 is 31.8 Å². The molecule has 6 nitrogen and oxygen atoms in total. The SMILES string of the molecule is CCNc1cncc(C(=O)N(CCO)CC(F)(F)F)n1. The molecule has 20 heavy (non-hydrogen) atoms. The van der Waals surface area contributed by atoms with Gasteiger partial charge in [0.2, 0.25) is 0 Å². The van der Waals surface area contributed by atoms with Gasteiger partial charge >= 0.3 is 6.18 Å². The van der Waals surface area contributed by atoms with Crippen LogP contribution in [0.4, 0.5) is 19.0 Å². The number of nitrogens with zero attached hydrogens (tertiary/aromatic N) is 3. The Bertz CT molecular complexity index is 454. The van der Waals surface area contributed by atoms with Crippen LogP contribution in [0.3, 0.4) is 0 Å². The van der Waals surface area contributed by atoms with E-state index >= 15 is 0 Å². The van der Waals surface area contributed by atoms with Crippen molar-refractivity contribution in [3.05, 3.63) is 18.1 Å². The molecule has 9 heteroatoms. The monoisotopic (exact) mass is 292 g/mol. The fraction of sp³-hybridized carbons (Fsp3) is 0.545. The van der Waals surface area contributed by atoms with Gasteiger partial charge in [-0.15, -0.1) is 0 Å². The average molecular weight is 292 g/mol. The molecule has 0 atom stereocenters. The van der Waals surface area contributed by atoms with E-state index in [0.717, 1.165) is 6.20 Å². The second kappa shape index (κ2) is 7.04. The highest BCUT2D eigenvalue weighted by molar-refractivity contribution is 5.92. The number of halogens is 3. The Labute approximate surface area is 113 Å². The maximum absolute atomic E-state index is 12.4. The predicted octanol–water partition coefficient (Wildman–Crippen LogP) is 0.905. The molecule has 0 saturated heterocycles. The lowest BCUT2D eigenvalue weighted by atomic mass is 10.3. The molecule has 0 aromatic carbocycles. The van der Waals surface area contributed by atoms with Crippen molar-refractivity contribution in [3.8, 4) is 0 Å². The van der Waals surface area contributed by atoms with Gasteiger partial charge in [0.1, 0.15) is 18.1 Å². The van der Waals surface area contributed by atoms with Crippen LogP contribution in [0.25, 0.3) is 0 Å². The molecule has 112 valence electrons. The van der Waals surface area contributed by atoms with E-state index in [0.29, 0.717) is 17.3 Å². The summed E-state index contributed by atoms with van der Waals surface area (Å²) in [5, 5.41) is 11.6. The minimum absolute atomic E-state index is 0.207. The Hall–Kier alpha value is -1.90. The average Bonchev–Trinajstić information content (AvgIpc) is 2.36. The van der Waals surface area contributed by atoms with Gasteiger partial charge in [0.05, 0.1) is 19.0 Å². The first-order valence-electron chi connectivity index (χ1n) is 5.90. The molecule has 1 aromatic heterocycles. The van der Waals surface area contributed by atoms with Crippen LogP contribution in [-0.2, 0) is 0 Å². The Kier molecular flexibility index (Phi) is 5.68. The molecule has 0 fully saturated rings. The third-order valence-electron chi connectivity index (χ3n) is 2.24. The highest BCUT2D eigenvalue weighted by Gasteiger charge is 2.33. The molecule has 2 N–H and O–H groups in total. The van der Waals surface area contributed by atoms with Crippen LogP contribution in [0.2, 0.25) is 0 Å². The molecule has 0 aliphatic carbocycles. The van der Waals surface area contributed by atoms with Crippen molar-refractivity contribution in [1.29, 1.82) is 0 Å². The van der Waals surface area contributed by atoms with Crippen LogP contribution in [0.1, 0.15) is 17.4 Å². The Morgan fingerprint density at radius 3 is 2.70 bits per heavy atom. The standard InChI is InChI=1S/C11H15F3N4O2/c1-2-16-9-6-15-5-8(17-9)10(20)18(3-4-19)7-11(12,13)14/h5-6,19H,2-4,7H2,1H3,(H,16,17). The van der Waals surface area contributed by atoms with Crippen LogP contribution >= 0.6 is 0 Å². The van der Waals surface area contributed by atoms with Crippen LogP contribution in [0.15, 0.2) is 12.4 Å². The number of amides is 1. The highest BCUT2D eigenvalue weighted by atomic mass is 19.4. The summed E-state index contributed by atoms with van der Waals surface area (Å²) in [4.78, 5) is 20.1. The third kappa shape index (κ3) is 5.00. The molecule has 0 bridgehead atoms. The minimum atomic E-state index is -4.54. The van der Waals surface area contributed by atoms with Crippen molar-refractivity contribution >= 4 is 11.7 Å². The minimum Gasteiger partial charge on any atom is -0.395 e. The summed E-state index contributed by atoms with van der Waals surface area (Å²) in [5.74, 6) is -0.627. The van der Waals surface area contributed by atoms with Gasteiger partial charge in [0.15, 0.2) is 0 Å². The number of hydrogen-bond acceptors (Lipinski definition) is 5. The summed E-state index contributed by atoms with van der Waals surface area (Å²) in [6.07, 6.45) is -2.10. The van der Waals surface area contributed by atoms with Gasteiger partial charge in [-0.1, -0.05) is 0 Å². The number of nitrogens with one attached hydrogen (secondary N) is 1. The molecule has 0 unspecified atom stereocenters. The number of anilines is 1. The summed E-state index contributed by atoms with van der Waals surface area (Å²) in [6.45, 7) is -0.0970. The van der Waals surface area contributed by atoms with E-state index in [2.05, 4.69) is 15.3 Å². The summed E-state index contributed by atoms with van der Waals surface area (Å²) in [5.41, 5.74) is -0.207. The van der Waals surface area contributed by atoms with Crippen molar-refractivity contribution in [1.82, 2.24) is 14.9 Å². The molecular weight excluding hydrogens is 277 g/mol. The lowest BCUT2D eigenvalue weighted by Gasteiger charge is -2.22. The molecular formula is C11H15F3N4O2. The van der Waals surface area contributed by atoms with E-state index in [1.54, 1.807) is 6.92 Å². The number of aliphatic hydroxyl groups is 1. The molecule has 1 amide bonds. The van der Waals surface area contributed by atoms with Crippen molar-refractivity contribution in [2.45, 2.75) is 13.1 Å². The zero-order chi connectivity index (χ0) is 15.2. The van der Waals surface area contributed by atoms with Crippen LogP contribution in [-0.4, -0.2) is 58.3 Å². The second-order valence-electron chi connectivity index (χ2n) is 3.89. The predicted molar refractivity (Wildman–Crippen MR) is 65.2 cm³/mol. The highest BCUT2D eigenvalue weighted by Crippen LogP contribution is 2.17. The fourth-order valence-electron chi connectivity index (χ4n) is 1.49. The number of alkyl halides is 3. The molecule has 1 aromatic rings. The summed E-state index contributed by atoms with van der Waals surface area (Å²) in [6, 6.07) is 0. The number of aromatic nitrogens is 2. The van der Waals surface area contributed by atoms with Crippen LogP contribution in [0, 0.1) is 0 Å². The first-order chi connectivity index (χ1) is 9.37. The maximum Gasteiger partial charge on any atom is 0.406 e. The number of aliphatic hydroxyl groups excluding tert-OH is 1. The molecule has 0 radical (unpaired) electrons. The van der Waals surface area contributed by atoms with Gasteiger partial charge < -0.3 is 15.3 Å². The van der Waals surface area contributed by atoms with Gasteiger partial charge in [-0.2, -0.15) is 13.2 Å². The summed E-state index contributed by atoms with van der Waals surface area (Å²) in [7, 11) is 0. The maximum atomic E-state index is 12.4. The lowest BCUT2D eigenvalue weighted by molar-refractivity contribution is -0.141. The second-order valence-corrected chi connectivity index (χ2v) is 3.89. The van der Waals surface area contributed by atoms with Crippen molar-refractivity contribution in [2.24, 2.45) is 0 Å². The van der Waals surface area contributed by atoms with Gasteiger partial charge in [-0.25, -0.2) is 4.98 Å². The van der Waals surface area contributed by atoms with Gasteiger partial charge in [-0.3, -0.25) is 9.78 Å². The number of carbonyl (C=O) groups is 1. The largest absolute Gasteiger partial charge is 0.406 e. The zero-order valence-corrected chi connectivity index (χ0v) is 10.8. The first-order valence-corrected chi connectivity index (χ1v) is 5.90. The molecule has 1 rings (SSSR count). The van der Waals surface area contributed by atoms with Gasteiger partial charge in [-0.05, 0) is 6.92 Å². The Morgan fingerprint density at radius 2 is 2.15 bits per heavy atom. The number of carbonyl (C=O) groups excluding carboxylic acids is 1. The third-order valence-corrected chi connectivity index (χ3v) is 2.24. The molecule has 0 aliphatic rings. The van der Waals surface area contributed by atoms with Crippen LogP contribution in [0.5, 0.6) is 0 Å². The lowest BCUT2D eigenvalue weighted by Crippen LogP contribution is -2.41. The summed E-state index contributed by atoms with van der Waals surface area (Å²) < 4.78 is 37.1.